The molecule has 0 saturated carbocycles. The van der Waals surface area contributed by atoms with Crippen LogP contribution < -0.4 is 20.3 Å². The quantitative estimate of drug-likeness (QED) is 0.365. The molecule has 0 unspecified atom stereocenters. The number of anilines is 3. The summed E-state index contributed by atoms with van der Waals surface area (Å²) in [7, 11) is 0. The number of nitrogens with one attached hydrogen (secondary N) is 2. The molecule has 1 aliphatic heterocycles. The smallest absolute Gasteiger partial charge is 0.262 e. The maximum absolute atomic E-state index is 13.6. The molecule has 2 N–H and O–H groups in total. The predicted molar refractivity (Wildman–Crippen MR) is 133 cm³/mol. The molecule has 0 radical (unpaired) electrons. The van der Waals surface area contributed by atoms with Gasteiger partial charge in [0.2, 0.25) is 0 Å². The highest BCUT2D eigenvalue weighted by atomic mass is 19.1. The Kier molecular flexibility index (Phi) is 6.32. The van der Waals surface area contributed by atoms with E-state index in [1.165, 1.54) is 36.4 Å². The van der Waals surface area contributed by atoms with Crippen molar-refractivity contribution in [2.24, 2.45) is 0 Å². The van der Waals surface area contributed by atoms with Crippen LogP contribution in [-0.2, 0) is 4.79 Å². The predicted octanol–water partition coefficient (Wildman–Crippen LogP) is 5.75. The van der Waals surface area contributed by atoms with Crippen LogP contribution >= 0.6 is 0 Å². The first-order valence-electron chi connectivity index (χ1n) is 11.2. The maximum atomic E-state index is 13.6. The molecule has 5 rings (SSSR count). The molecule has 0 aromatic heterocycles. The van der Waals surface area contributed by atoms with E-state index in [0.717, 1.165) is 0 Å². The van der Waals surface area contributed by atoms with Crippen LogP contribution in [0.3, 0.4) is 0 Å². The van der Waals surface area contributed by atoms with Gasteiger partial charge < -0.3 is 15.4 Å². The van der Waals surface area contributed by atoms with E-state index in [-0.39, 0.29) is 12.5 Å². The number of hydrogen-bond acceptors (Lipinski definition) is 4. The van der Waals surface area contributed by atoms with Crippen LogP contribution in [0.1, 0.15) is 22.1 Å². The number of rotatable bonds is 6. The third-order valence-corrected chi connectivity index (χ3v) is 5.70. The molecule has 36 heavy (non-hydrogen) atoms. The highest BCUT2D eigenvalue weighted by Gasteiger charge is 2.34. The summed E-state index contributed by atoms with van der Waals surface area (Å²) in [6, 6.07) is 25.4. The number of fused-ring (bicyclic) bond motifs is 1. The van der Waals surface area contributed by atoms with Crippen LogP contribution in [0.5, 0.6) is 5.75 Å². The fourth-order valence-electron chi connectivity index (χ4n) is 4.01. The zero-order valence-electron chi connectivity index (χ0n) is 18.9. The lowest BCUT2D eigenvalue weighted by Crippen LogP contribution is -2.43. The number of benzene rings is 4. The summed E-state index contributed by atoms with van der Waals surface area (Å²) in [6.07, 6.45) is -0.602. The van der Waals surface area contributed by atoms with E-state index in [4.69, 9.17) is 4.74 Å². The van der Waals surface area contributed by atoms with Crippen LogP contribution in [0.4, 0.5) is 25.8 Å². The Labute approximate surface area is 206 Å². The molecule has 4 aromatic carbocycles. The SMILES string of the molecule is O=C(COc1cccc([C@H]2Nc3ccccc3C(=O)N2c2ccc(F)cc2)c1)Nc1ccc(F)cc1. The minimum Gasteiger partial charge on any atom is -0.484 e. The van der Waals surface area contributed by atoms with Gasteiger partial charge in [0.25, 0.3) is 11.8 Å². The van der Waals surface area contributed by atoms with Crippen LogP contribution in [-0.4, -0.2) is 18.4 Å². The van der Waals surface area contributed by atoms with Gasteiger partial charge in [-0.2, -0.15) is 0 Å². The number of carbonyl (C=O) groups excluding carboxylic acids is 2. The molecular formula is C28H21F2N3O3. The Hall–Kier alpha value is -4.72. The topological polar surface area (TPSA) is 70.7 Å². The Morgan fingerprint density at radius 3 is 2.33 bits per heavy atom. The van der Waals surface area contributed by atoms with Crippen molar-refractivity contribution in [3.8, 4) is 5.75 Å². The van der Waals surface area contributed by atoms with Crippen molar-refractivity contribution >= 4 is 28.9 Å². The third kappa shape index (κ3) is 4.88. The minimum absolute atomic E-state index is 0.231. The van der Waals surface area contributed by atoms with E-state index in [2.05, 4.69) is 10.6 Å². The van der Waals surface area contributed by atoms with Gasteiger partial charge in [-0.1, -0.05) is 24.3 Å². The van der Waals surface area contributed by atoms with Gasteiger partial charge >= 0.3 is 0 Å². The van der Waals surface area contributed by atoms with Crippen LogP contribution in [0.2, 0.25) is 0 Å². The zero-order chi connectivity index (χ0) is 25.1. The molecule has 0 bridgehead atoms. The average molecular weight is 485 g/mol. The van der Waals surface area contributed by atoms with Crippen molar-refractivity contribution in [1.82, 2.24) is 0 Å². The van der Waals surface area contributed by atoms with Crippen molar-refractivity contribution in [3.63, 3.8) is 0 Å². The van der Waals surface area contributed by atoms with Crippen LogP contribution in [0.15, 0.2) is 97.1 Å². The molecule has 6 nitrogen and oxygen atoms in total. The summed E-state index contributed by atoms with van der Waals surface area (Å²) in [5.41, 5.74) is 2.87. The second kappa shape index (κ2) is 9.87. The van der Waals surface area contributed by atoms with E-state index in [1.54, 1.807) is 47.4 Å². The lowest BCUT2D eigenvalue weighted by Gasteiger charge is -2.38. The van der Waals surface area contributed by atoms with Gasteiger partial charge in [0.05, 0.1) is 5.56 Å². The van der Waals surface area contributed by atoms with E-state index in [1.807, 2.05) is 18.2 Å². The summed E-state index contributed by atoms with van der Waals surface area (Å²) in [6.45, 7) is -0.262. The van der Waals surface area contributed by atoms with E-state index in [0.29, 0.717) is 33.9 Å². The Morgan fingerprint density at radius 1 is 0.889 bits per heavy atom. The molecule has 0 spiro atoms. The van der Waals surface area contributed by atoms with Crippen molar-refractivity contribution in [2.45, 2.75) is 6.17 Å². The number of ether oxygens (including phenoxy) is 1. The number of hydrogen-bond donors (Lipinski definition) is 2. The van der Waals surface area contributed by atoms with Crippen LogP contribution in [0, 0.1) is 11.6 Å². The summed E-state index contributed by atoms with van der Waals surface area (Å²) in [5.74, 6) is -1.00. The lowest BCUT2D eigenvalue weighted by atomic mass is 10.0. The first-order valence-corrected chi connectivity index (χ1v) is 11.2. The monoisotopic (exact) mass is 485 g/mol. The average Bonchev–Trinajstić information content (AvgIpc) is 2.90. The standard InChI is InChI=1S/C28H21F2N3O3/c29-19-8-12-21(13-9-19)31-26(34)17-36-23-5-3-4-18(16-23)27-32-25-7-2-1-6-24(25)28(35)33(27)22-14-10-20(30)11-15-22/h1-16,27,32H,17H2,(H,31,34)/t27-/m0/s1. The molecule has 2 amide bonds. The van der Waals surface area contributed by atoms with Gasteiger partial charge in [-0.3, -0.25) is 14.5 Å². The molecule has 8 heteroatoms. The lowest BCUT2D eigenvalue weighted by molar-refractivity contribution is -0.118. The second-order valence-corrected chi connectivity index (χ2v) is 8.16. The second-order valence-electron chi connectivity index (χ2n) is 8.16. The van der Waals surface area contributed by atoms with E-state index in [9.17, 15) is 18.4 Å². The Bertz CT molecular complexity index is 1410. The summed E-state index contributed by atoms with van der Waals surface area (Å²) in [4.78, 5) is 27.3. The zero-order valence-corrected chi connectivity index (χ0v) is 18.9. The molecule has 1 atom stereocenters. The van der Waals surface area contributed by atoms with Gasteiger partial charge in [0.1, 0.15) is 23.5 Å². The van der Waals surface area contributed by atoms with Gasteiger partial charge in [0, 0.05) is 17.1 Å². The van der Waals surface area contributed by atoms with Crippen molar-refractivity contribution in [1.29, 1.82) is 0 Å². The highest BCUT2D eigenvalue weighted by Crippen LogP contribution is 2.37. The fraction of sp³-hybridized carbons (Fsp3) is 0.0714. The van der Waals surface area contributed by atoms with Gasteiger partial charge in [-0.15, -0.1) is 0 Å². The van der Waals surface area contributed by atoms with Gasteiger partial charge in [-0.25, -0.2) is 8.78 Å². The number of amides is 2. The summed E-state index contributed by atoms with van der Waals surface area (Å²) >= 11 is 0. The molecule has 0 saturated heterocycles. The highest BCUT2D eigenvalue weighted by molar-refractivity contribution is 6.12. The first kappa shape index (κ1) is 23.0. The molecule has 0 fully saturated rings. The number of halogens is 2. The van der Waals surface area contributed by atoms with Crippen LogP contribution in [0.25, 0.3) is 0 Å². The van der Waals surface area contributed by atoms with Crippen molar-refractivity contribution in [2.75, 3.05) is 22.1 Å². The number of para-hydroxylation sites is 1. The number of nitrogens with zero attached hydrogens (tertiary/aromatic N) is 1. The molecule has 1 heterocycles. The van der Waals surface area contributed by atoms with Crippen molar-refractivity contribution in [3.05, 3.63) is 120 Å². The third-order valence-electron chi connectivity index (χ3n) is 5.70. The normalized spacial score (nSPS) is 14.6. The Balaban J connectivity index is 1.38. The number of carbonyl (C=O) groups is 2. The summed E-state index contributed by atoms with van der Waals surface area (Å²) in [5, 5.41) is 6.02. The maximum Gasteiger partial charge on any atom is 0.262 e. The molecule has 4 aromatic rings. The van der Waals surface area contributed by atoms with E-state index >= 15 is 0 Å². The van der Waals surface area contributed by atoms with Gasteiger partial charge in [0.15, 0.2) is 6.61 Å². The first-order chi connectivity index (χ1) is 17.5. The molecular weight excluding hydrogens is 464 g/mol. The molecule has 0 aliphatic carbocycles. The summed E-state index contributed by atoms with van der Waals surface area (Å²) < 4.78 is 32.3. The fourth-order valence-corrected chi connectivity index (χ4v) is 4.01. The van der Waals surface area contributed by atoms with Crippen molar-refractivity contribution < 1.29 is 23.1 Å². The van der Waals surface area contributed by atoms with Gasteiger partial charge in [-0.05, 0) is 78.4 Å². The Morgan fingerprint density at radius 2 is 1.58 bits per heavy atom. The molecule has 1 aliphatic rings. The van der Waals surface area contributed by atoms with E-state index < -0.39 is 23.7 Å². The minimum atomic E-state index is -0.602. The molecule has 180 valence electrons. The largest absolute Gasteiger partial charge is 0.484 e.